The van der Waals surface area contributed by atoms with E-state index in [0.717, 1.165) is 8.95 Å². The number of hydrogen-bond donors (Lipinski definition) is 2. The Hall–Kier alpha value is -0.550. The van der Waals surface area contributed by atoms with E-state index >= 15 is 0 Å². The molecule has 0 aliphatic rings. The summed E-state index contributed by atoms with van der Waals surface area (Å²) < 4.78 is 1.50. The molecule has 0 fully saturated rings. The van der Waals surface area contributed by atoms with Crippen molar-refractivity contribution in [3.8, 4) is 0 Å². The molecule has 1 aromatic carbocycles. The van der Waals surface area contributed by atoms with Crippen molar-refractivity contribution >= 4 is 43.5 Å². The number of carboxylic acids is 1. The smallest absolute Gasteiger partial charge is 0.307 e. The number of benzene rings is 1. The maximum Gasteiger partial charge on any atom is 0.307 e. The molecule has 0 saturated carbocycles. The Labute approximate surface area is 92.2 Å². The lowest BCUT2D eigenvalue weighted by Gasteiger charge is -2.04. The molecular weight excluding hydrogens is 302 g/mol. The summed E-state index contributed by atoms with van der Waals surface area (Å²) in [6.45, 7) is 0. The number of aliphatic carboxylic acids is 1. The average molecular weight is 309 g/mol. The van der Waals surface area contributed by atoms with Gasteiger partial charge in [-0.25, -0.2) is 0 Å². The third-order valence-corrected chi connectivity index (χ3v) is 2.93. The molecule has 0 aliphatic heterocycles. The van der Waals surface area contributed by atoms with Crippen molar-refractivity contribution in [2.45, 2.75) is 6.42 Å². The highest BCUT2D eigenvalue weighted by Gasteiger charge is 2.07. The van der Waals surface area contributed by atoms with Gasteiger partial charge in [0, 0.05) is 14.6 Å². The second-order valence-electron chi connectivity index (χ2n) is 2.54. The van der Waals surface area contributed by atoms with Gasteiger partial charge >= 0.3 is 5.97 Å². The van der Waals surface area contributed by atoms with Gasteiger partial charge in [0.05, 0.1) is 6.42 Å². The van der Waals surface area contributed by atoms with Crippen LogP contribution in [0.1, 0.15) is 5.56 Å². The Morgan fingerprint density at radius 3 is 2.54 bits per heavy atom. The molecule has 0 aliphatic carbocycles. The fourth-order valence-corrected chi connectivity index (χ4v) is 2.05. The van der Waals surface area contributed by atoms with E-state index < -0.39 is 5.97 Å². The highest BCUT2D eigenvalue weighted by molar-refractivity contribution is 9.11. The van der Waals surface area contributed by atoms with Crippen LogP contribution in [0.5, 0.6) is 0 Å². The van der Waals surface area contributed by atoms with E-state index in [1.54, 1.807) is 12.1 Å². The maximum atomic E-state index is 10.4. The molecule has 1 rings (SSSR count). The molecule has 3 N–H and O–H groups in total. The zero-order valence-electron chi connectivity index (χ0n) is 6.55. The van der Waals surface area contributed by atoms with Crippen LogP contribution in [0.15, 0.2) is 21.1 Å². The number of hydrogen-bond acceptors (Lipinski definition) is 2. The molecule has 5 heteroatoms. The van der Waals surface area contributed by atoms with Crippen LogP contribution >= 0.6 is 31.9 Å². The van der Waals surface area contributed by atoms with E-state index in [0.29, 0.717) is 11.3 Å². The second kappa shape index (κ2) is 4.11. The molecule has 0 amide bonds. The SMILES string of the molecule is Nc1cc(CC(=O)O)c(Br)cc1Br. The van der Waals surface area contributed by atoms with Crippen molar-refractivity contribution in [1.82, 2.24) is 0 Å². The topological polar surface area (TPSA) is 63.3 Å². The second-order valence-corrected chi connectivity index (χ2v) is 4.24. The Balaban J connectivity index is 3.08. The van der Waals surface area contributed by atoms with Crippen LogP contribution < -0.4 is 5.73 Å². The molecule has 13 heavy (non-hydrogen) atoms. The maximum absolute atomic E-state index is 10.4. The minimum Gasteiger partial charge on any atom is -0.481 e. The van der Waals surface area contributed by atoms with Crippen LogP contribution in [-0.2, 0) is 11.2 Å². The predicted octanol–water partition coefficient (Wildman–Crippen LogP) is 2.42. The van der Waals surface area contributed by atoms with Crippen LogP contribution in [0.2, 0.25) is 0 Å². The van der Waals surface area contributed by atoms with Gasteiger partial charge in [-0.3, -0.25) is 4.79 Å². The van der Waals surface area contributed by atoms with Crippen molar-refractivity contribution in [3.05, 3.63) is 26.6 Å². The molecule has 3 nitrogen and oxygen atoms in total. The van der Waals surface area contributed by atoms with Gasteiger partial charge in [-0.15, -0.1) is 0 Å². The molecule has 70 valence electrons. The van der Waals surface area contributed by atoms with Crippen LogP contribution in [-0.4, -0.2) is 11.1 Å². The monoisotopic (exact) mass is 307 g/mol. The molecule has 0 aromatic heterocycles. The minimum absolute atomic E-state index is 0.0297. The van der Waals surface area contributed by atoms with Gasteiger partial charge in [0.2, 0.25) is 0 Å². The summed E-state index contributed by atoms with van der Waals surface area (Å²) in [6.07, 6.45) is -0.0297. The molecule has 0 unspecified atom stereocenters. The first-order valence-corrected chi connectivity index (χ1v) is 5.04. The van der Waals surface area contributed by atoms with Crippen molar-refractivity contribution < 1.29 is 9.90 Å². The van der Waals surface area contributed by atoms with Gasteiger partial charge < -0.3 is 10.8 Å². The summed E-state index contributed by atoms with van der Waals surface area (Å²) in [5, 5.41) is 8.58. The summed E-state index contributed by atoms with van der Waals surface area (Å²) in [6, 6.07) is 3.38. The van der Waals surface area contributed by atoms with E-state index in [4.69, 9.17) is 10.8 Å². The lowest BCUT2D eigenvalue weighted by molar-refractivity contribution is -0.136. The van der Waals surface area contributed by atoms with Gasteiger partial charge in [-0.2, -0.15) is 0 Å². The number of rotatable bonds is 2. The Bertz CT molecular complexity index is 352. The summed E-state index contributed by atoms with van der Waals surface area (Å²) >= 11 is 6.50. The van der Waals surface area contributed by atoms with Crippen LogP contribution in [0.25, 0.3) is 0 Å². The molecule has 0 radical (unpaired) electrons. The Kier molecular flexibility index (Phi) is 3.33. The quantitative estimate of drug-likeness (QED) is 0.825. The van der Waals surface area contributed by atoms with Gasteiger partial charge in [-0.05, 0) is 33.6 Å². The van der Waals surface area contributed by atoms with Crippen molar-refractivity contribution in [2.75, 3.05) is 5.73 Å². The largest absolute Gasteiger partial charge is 0.481 e. The zero-order chi connectivity index (χ0) is 10.0. The number of anilines is 1. The lowest BCUT2D eigenvalue weighted by atomic mass is 10.1. The summed E-state index contributed by atoms with van der Waals surface area (Å²) in [5.74, 6) is -0.873. The third-order valence-electron chi connectivity index (χ3n) is 1.51. The van der Waals surface area contributed by atoms with Gasteiger partial charge in [-0.1, -0.05) is 15.9 Å². The molecule has 0 spiro atoms. The van der Waals surface area contributed by atoms with E-state index in [2.05, 4.69) is 31.9 Å². The summed E-state index contributed by atoms with van der Waals surface area (Å²) in [4.78, 5) is 10.4. The van der Waals surface area contributed by atoms with Gasteiger partial charge in [0.1, 0.15) is 0 Å². The zero-order valence-corrected chi connectivity index (χ0v) is 9.72. The first kappa shape index (κ1) is 10.5. The van der Waals surface area contributed by atoms with Crippen molar-refractivity contribution in [2.24, 2.45) is 0 Å². The predicted molar refractivity (Wildman–Crippen MR) is 57.6 cm³/mol. The molecular formula is C8H7Br2NO2. The standard InChI is InChI=1S/C8H7Br2NO2/c9-5-3-6(10)7(11)1-4(5)2-8(12)13/h1,3H,2,11H2,(H,12,13). The third kappa shape index (κ3) is 2.70. The number of halogens is 2. The fraction of sp³-hybridized carbons (Fsp3) is 0.125. The van der Waals surface area contributed by atoms with Crippen LogP contribution in [0.4, 0.5) is 5.69 Å². The number of nitrogen functional groups attached to an aromatic ring is 1. The highest BCUT2D eigenvalue weighted by Crippen LogP contribution is 2.27. The van der Waals surface area contributed by atoms with E-state index in [-0.39, 0.29) is 6.42 Å². The first-order chi connectivity index (χ1) is 6.00. The van der Waals surface area contributed by atoms with Crippen LogP contribution in [0, 0.1) is 0 Å². The normalized spacial score (nSPS) is 10.0. The van der Waals surface area contributed by atoms with E-state index in [1.807, 2.05) is 0 Å². The molecule has 1 aromatic rings. The average Bonchev–Trinajstić information content (AvgIpc) is 1.99. The minimum atomic E-state index is -0.873. The fourth-order valence-electron chi connectivity index (χ4n) is 0.911. The molecule has 0 heterocycles. The number of nitrogens with two attached hydrogens (primary N) is 1. The van der Waals surface area contributed by atoms with Gasteiger partial charge in [0.15, 0.2) is 0 Å². The number of carbonyl (C=O) groups is 1. The first-order valence-electron chi connectivity index (χ1n) is 3.46. The molecule has 0 atom stereocenters. The Morgan fingerprint density at radius 1 is 1.38 bits per heavy atom. The molecule has 0 saturated heterocycles. The van der Waals surface area contributed by atoms with E-state index in [1.165, 1.54) is 0 Å². The number of carboxylic acid groups (broad SMARTS) is 1. The van der Waals surface area contributed by atoms with Crippen molar-refractivity contribution in [3.63, 3.8) is 0 Å². The van der Waals surface area contributed by atoms with Gasteiger partial charge in [0.25, 0.3) is 0 Å². The van der Waals surface area contributed by atoms with Crippen LogP contribution in [0.3, 0.4) is 0 Å². The Morgan fingerprint density at radius 2 is 2.00 bits per heavy atom. The lowest BCUT2D eigenvalue weighted by Crippen LogP contribution is -2.02. The molecule has 0 bridgehead atoms. The van der Waals surface area contributed by atoms with E-state index in [9.17, 15) is 4.79 Å². The highest BCUT2D eigenvalue weighted by atomic mass is 79.9. The summed E-state index contributed by atoms with van der Waals surface area (Å²) in [7, 11) is 0. The summed E-state index contributed by atoms with van der Waals surface area (Å²) in [5.41, 5.74) is 6.82. The van der Waals surface area contributed by atoms with Crippen molar-refractivity contribution in [1.29, 1.82) is 0 Å².